The third-order valence-corrected chi connectivity index (χ3v) is 10.2. The van der Waals surface area contributed by atoms with Crippen molar-refractivity contribution in [2.45, 2.75) is 25.0 Å². The van der Waals surface area contributed by atoms with Gasteiger partial charge in [-0.2, -0.15) is 0 Å². The molecule has 0 unspecified atom stereocenters. The summed E-state index contributed by atoms with van der Waals surface area (Å²) in [6.45, 7) is 0. The molecule has 2 heterocycles. The van der Waals surface area contributed by atoms with Gasteiger partial charge in [0.15, 0.2) is 0 Å². The van der Waals surface area contributed by atoms with Crippen LogP contribution in [0.2, 0.25) is 0 Å². The molecular weight excluding hydrogens is 523 g/mol. The van der Waals surface area contributed by atoms with Crippen LogP contribution in [0.5, 0.6) is 0 Å². The highest BCUT2D eigenvalue weighted by Gasteiger charge is 2.49. The molecule has 3 heteroatoms. The number of nitrogens with zero attached hydrogens (tertiary/aromatic N) is 1. The van der Waals surface area contributed by atoms with E-state index in [1.54, 1.807) is 0 Å². The number of para-hydroxylation sites is 2. The maximum atomic E-state index is 2.36. The van der Waals surface area contributed by atoms with Crippen LogP contribution < -0.4 is 4.90 Å². The first-order chi connectivity index (χ1) is 19.8. The highest BCUT2D eigenvalue weighted by Crippen LogP contribution is 2.62. The van der Waals surface area contributed by atoms with Crippen molar-refractivity contribution in [3.8, 4) is 0 Å². The van der Waals surface area contributed by atoms with Crippen LogP contribution in [0.15, 0.2) is 171 Å². The molecule has 0 aromatic heterocycles. The van der Waals surface area contributed by atoms with Crippen molar-refractivity contribution >= 4 is 40.6 Å². The lowest BCUT2D eigenvalue weighted by Crippen LogP contribution is -2.36. The lowest BCUT2D eigenvalue weighted by molar-refractivity contribution is 0.663. The minimum Gasteiger partial charge on any atom is -0.311 e. The topological polar surface area (TPSA) is 3.24 Å². The largest absolute Gasteiger partial charge is 0.311 e. The molecule has 0 saturated heterocycles. The Morgan fingerprint density at radius 3 is 1.32 bits per heavy atom. The van der Waals surface area contributed by atoms with Crippen molar-refractivity contribution in [1.29, 1.82) is 0 Å². The van der Waals surface area contributed by atoms with Gasteiger partial charge in [0.2, 0.25) is 0 Å². The van der Waals surface area contributed by atoms with Gasteiger partial charge in [-0.05, 0) is 82.9 Å². The minimum atomic E-state index is -0.377. The average molecular weight is 548 g/mol. The molecule has 0 aliphatic carbocycles. The van der Waals surface area contributed by atoms with E-state index < -0.39 is 0 Å². The zero-order valence-electron chi connectivity index (χ0n) is 21.7. The SMILES string of the molecule is c1ccc(N(c2ccccc2)c2ccc(C34c5ccccc5Sc5cccc(c53)Sc3ccccc34)cc2)cc1. The van der Waals surface area contributed by atoms with Gasteiger partial charge in [0, 0.05) is 36.6 Å². The van der Waals surface area contributed by atoms with E-state index in [0.717, 1.165) is 17.1 Å². The van der Waals surface area contributed by atoms with Crippen LogP contribution >= 0.6 is 23.5 Å². The summed E-state index contributed by atoms with van der Waals surface area (Å²) in [6, 6.07) is 55.3. The van der Waals surface area contributed by atoms with Crippen molar-refractivity contribution in [1.82, 2.24) is 0 Å². The predicted molar refractivity (Wildman–Crippen MR) is 168 cm³/mol. The first-order valence-electron chi connectivity index (χ1n) is 13.5. The average Bonchev–Trinajstić information content (AvgIpc) is 3.02. The van der Waals surface area contributed by atoms with Crippen LogP contribution in [0.4, 0.5) is 17.1 Å². The van der Waals surface area contributed by atoms with Gasteiger partial charge in [0.25, 0.3) is 0 Å². The zero-order chi connectivity index (χ0) is 26.5. The van der Waals surface area contributed by atoms with Crippen LogP contribution in [0.25, 0.3) is 0 Å². The second-order valence-corrected chi connectivity index (χ2v) is 12.3. The molecule has 6 aromatic rings. The van der Waals surface area contributed by atoms with E-state index in [-0.39, 0.29) is 5.41 Å². The summed E-state index contributed by atoms with van der Waals surface area (Å²) in [5, 5.41) is 0. The summed E-state index contributed by atoms with van der Waals surface area (Å²) < 4.78 is 0. The van der Waals surface area contributed by atoms with E-state index in [4.69, 9.17) is 0 Å². The van der Waals surface area contributed by atoms with Gasteiger partial charge in [-0.3, -0.25) is 0 Å². The van der Waals surface area contributed by atoms with Gasteiger partial charge in [0.05, 0.1) is 5.41 Å². The fourth-order valence-corrected chi connectivity index (χ4v) is 8.87. The standard InChI is InChI=1S/C37H25NS2/c1-3-12-27(13-4-1)38(28-14-5-2-6-15-28)29-24-22-26(23-25-29)37-30-16-7-9-18-32(30)39-34-20-11-21-35(36(34)37)40-33-19-10-8-17-31(33)37/h1-25H. The predicted octanol–water partition coefficient (Wildman–Crippen LogP) is 10.5. The number of fused-ring (bicyclic) bond motifs is 4. The third kappa shape index (κ3) is 3.51. The number of benzene rings is 6. The lowest BCUT2D eigenvalue weighted by Gasteiger charge is -2.46. The van der Waals surface area contributed by atoms with Crippen LogP contribution in [0.3, 0.4) is 0 Å². The molecule has 0 N–H and O–H groups in total. The maximum absolute atomic E-state index is 2.36. The number of anilines is 3. The van der Waals surface area contributed by atoms with Gasteiger partial charge >= 0.3 is 0 Å². The fraction of sp³-hybridized carbons (Fsp3) is 0.0270. The molecule has 0 bridgehead atoms. The van der Waals surface area contributed by atoms with Gasteiger partial charge in [-0.1, -0.05) is 115 Å². The molecule has 0 radical (unpaired) electrons. The fourth-order valence-electron chi connectivity index (χ4n) is 6.35. The molecule has 6 aromatic carbocycles. The van der Waals surface area contributed by atoms with Crippen LogP contribution in [-0.4, -0.2) is 0 Å². The molecule has 8 rings (SSSR count). The quantitative estimate of drug-likeness (QED) is 0.216. The highest BCUT2D eigenvalue weighted by atomic mass is 32.2. The van der Waals surface area contributed by atoms with Gasteiger partial charge in [0.1, 0.15) is 0 Å². The van der Waals surface area contributed by atoms with Crippen molar-refractivity contribution in [2.24, 2.45) is 0 Å². The molecule has 2 aliphatic heterocycles. The third-order valence-electron chi connectivity index (χ3n) is 7.97. The molecule has 0 atom stereocenters. The molecule has 0 amide bonds. The van der Waals surface area contributed by atoms with Crippen molar-refractivity contribution in [3.05, 3.63) is 174 Å². The van der Waals surface area contributed by atoms with Crippen LogP contribution in [-0.2, 0) is 5.41 Å². The molecular formula is C37H25NS2. The Hall–Kier alpha value is -4.18. The van der Waals surface area contributed by atoms with Gasteiger partial charge in [-0.15, -0.1) is 0 Å². The molecule has 40 heavy (non-hydrogen) atoms. The number of hydrogen-bond donors (Lipinski definition) is 0. The Morgan fingerprint density at radius 2 is 0.800 bits per heavy atom. The highest BCUT2D eigenvalue weighted by molar-refractivity contribution is 8.00. The van der Waals surface area contributed by atoms with Crippen LogP contribution in [0.1, 0.15) is 22.3 Å². The molecule has 0 spiro atoms. The smallest absolute Gasteiger partial charge is 0.0745 e. The van der Waals surface area contributed by atoms with Crippen LogP contribution in [0, 0.1) is 0 Å². The Balaban J connectivity index is 1.38. The molecule has 2 aliphatic rings. The molecule has 190 valence electrons. The van der Waals surface area contributed by atoms with E-state index in [0.29, 0.717) is 0 Å². The monoisotopic (exact) mass is 547 g/mol. The summed E-state index contributed by atoms with van der Waals surface area (Å²) in [6.07, 6.45) is 0. The maximum Gasteiger partial charge on any atom is 0.0745 e. The Labute approximate surface area is 243 Å². The summed E-state index contributed by atoms with van der Waals surface area (Å²) in [5.41, 5.74) is 8.50. The Morgan fingerprint density at radius 1 is 0.375 bits per heavy atom. The van der Waals surface area contributed by atoms with Crippen molar-refractivity contribution < 1.29 is 0 Å². The van der Waals surface area contributed by atoms with E-state index in [1.165, 1.54) is 41.8 Å². The first kappa shape index (κ1) is 23.7. The van der Waals surface area contributed by atoms with Gasteiger partial charge in [-0.25, -0.2) is 0 Å². The molecule has 1 nitrogen and oxygen atoms in total. The van der Waals surface area contributed by atoms with E-state index in [1.807, 2.05) is 23.5 Å². The summed E-state index contributed by atoms with van der Waals surface area (Å²) in [5.74, 6) is 0. The number of hydrogen-bond acceptors (Lipinski definition) is 3. The lowest BCUT2D eigenvalue weighted by atomic mass is 9.64. The number of rotatable bonds is 4. The Kier molecular flexibility index (Phi) is 5.61. The normalized spacial score (nSPS) is 14.0. The molecule has 0 fully saturated rings. The van der Waals surface area contributed by atoms with E-state index in [9.17, 15) is 0 Å². The van der Waals surface area contributed by atoms with E-state index in [2.05, 4.69) is 157 Å². The van der Waals surface area contributed by atoms with Crippen molar-refractivity contribution in [2.75, 3.05) is 4.90 Å². The van der Waals surface area contributed by atoms with Gasteiger partial charge < -0.3 is 4.90 Å². The summed E-state index contributed by atoms with van der Waals surface area (Å²) in [4.78, 5) is 7.67. The van der Waals surface area contributed by atoms with E-state index >= 15 is 0 Å². The second-order valence-electron chi connectivity index (χ2n) is 10.1. The first-order valence-corrected chi connectivity index (χ1v) is 15.2. The summed E-state index contributed by atoms with van der Waals surface area (Å²) >= 11 is 3.80. The van der Waals surface area contributed by atoms with Crippen molar-refractivity contribution in [3.63, 3.8) is 0 Å². The Bertz CT molecular complexity index is 1740. The zero-order valence-corrected chi connectivity index (χ0v) is 23.3. The minimum absolute atomic E-state index is 0.377. The molecule has 0 saturated carbocycles. The second kappa shape index (κ2) is 9.48. The summed E-state index contributed by atoms with van der Waals surface area (Å²) in [7, 11) is 0.